The van der Waals surface area contributed by atoms with E-state index in [2.05, 4.69) is 9.97 Å². The molecule has 2 heterocycles. The Bertz CT molecular complexity index is 1070. The normalized spacial score (nSPS) is 11.8. The van der Waals surface area contributed by atoms with Gasteiger partial charge in [-0.15, -0.1) is 11.3 Å². The summed E-state index contributed by atoms with van der Waals surface area (Å²) in [5.74, 6) is 0. The number of halogens is 3. The minimum Gasteiger partial charge on any atom is -0.256 e. The molecule has 0 aliphatic carbocycles. The number of fused-ring (bicyclic) bond motifs is 1. The van der Waals surface area contributed by atoms with Crippen LogP contribution in [0.5, 0.6) is 0 Å². The van der Waals surface area contributed by atoms with Crippen LogP contribution in [0.1, 0.15) is 16.1 Å². The molecule has 0 amide bonds. The van der Waals surface area contributed by atoms with Crippen molar-refractivity contribution in [3.05, 3.63) is 82.3 Å². The van der Waals surface area contributed by atoms with Gasteiger partial charge in [0.1, 0.15) is 0 Å². The third-order valence-corrected chi connectivity index (χ3v) is 4.90. The van der Waals surface area contributed by atoms with Crippen molar-refractivity contribution >= 4 is 22.2 Å². The molecule has 0 spiro atoms. The van der Waals surface area contributed by atoms with Crippen molar-refractivity contribution in [2.45, 2.75) is 12.6 Å². The van der Waals surface area contributed by atoms with Gasteiger partial charge in [0.25, 0.3) is 0 Å². The van der Waals surface area contributed by atoms with E-state index in [1.165, 1.54) is 23.5 Å². The largest absolute Gasteiger partial charge is 0.416 e. The lowest BCUT2D eigenvalue weighted by molar-refractivity contribution is -0.137. The molecule has 2 aromatic heterocycles. The third kappa shape index (κ3) is 3.46. The number of rotatable bonds is 3. The van der Waals surface area contributed by atoms with E-state index in [-0.39, 0.29) is 0 Å². The summed E-state index contributed by atoms with van der Waals surface area (Å²) in [5, 5.41) is 3.71. The molecule has 6 heteroatoms. The summed E-state index contributed by atoms with van der Waals surface area (Å²) in [5.41, 5.74) is 2.56. The molecular weight excluding hydrogens is 357 g/mol. The van der Waals surface area contributed by atoms with Gasteiger partial charge in [-0.1, -0.05) is 36.4 Å². The number of alkyl halides is 3. The second-order valence-electron chi connectivity index (χ2n) is 5.92. The molecule has 130 valence electrons. The number of hydrogen-bond acceptors (Lipinski definition) is 3. The Labute approximate surface area is 152 Å². The Kier molecular flexibility index (Phi) is 4.20. The van der Waals surface area contributed by atoms with Crippen LogP contribution in [0.25, 0.3) is 22.2 Å². The van der Waals surface area contributed by atoms with Gasteiger partial charge in [0, 0.05) is 28.9 Å². The molecule has 26 heavy (non-hydrogen) atoms. The van der Waals surface area contributed by atoms with E-state index in [1.54, 1.807) is 12.3 Å². The lowest BCUT2D eigenvalue weighted by Crippen LogP contribution is -2.05. The van der Waals surface area contributed by atoms with Gasteiger partial charge in [-0.3, -0.25) is 4.98 Å². The van der Waals surface area contributed by atoms with Gasteiger partial charge in [0.15, 0.2) is 0 Å². The van der Waals surface area contributed by atoms with Crippen LogP contribution in [0.15, 0.2) is 66.2 Å². The molecule has 0 saturated heterocycles. The van der Waals surface area contributed by atoms with Gasteiger partial charge in [-0.2, -0.15) is 13.2 Å². The van der Waals surface area contributed by atoms with E-state index < -0.39 is 11.7 Å². The van der Waals surface area contributed by atoms with E-state index in [9.17, 15) is 13.2 Å². The summed E-state index contributed by atoms with van der Waals surface area (Å²) < 4.78 is 38.5. The number of para-hydroxylation sites is 1. The highest BCUT2D eigenvalue weighted by Crippen LogP contribution is 2.31. The Morgan fingerprint density at radius 2 is 1.81 bits per heavy atom. The lowest BCUT2D eigenvalue weighted by Gasteiger charge is -2.07. The van der Waals surface area contributed by atoms with Gasteiger partial charge < -0.3 is 0 Å². The molecule has 4 rings (SSSR count). The molecule has 0 bridgehead atoms. The van der Waals surface area contributed by atoms with E-state index in [1.807, 2.05) is 35.7 Å². The molecule has 0 N–H and O–H groups in total. The predicted octanol–water partition coefficient (Wildman–Crippen LogP) is 5.97. The zero-order chi connectivity index (χ0) is 18.1. The standard InChI is InChI=1S/C20H13F3N2S/c21-20(22,23)16-6-3-4-13(8-16)9-19-25-18(12-26-19)15-10-14-5-1-2-7-17(14)24-11-15/h1-8,10-12H,9H2. The molecule has 0 fully saturated rings. The van der Waals surface area contributed by atoms with Crippen LogP contribution in [0.3, 0.4) is 0 Å². The highest BCUT2D eigenvalue weighted by atomic mass is 32.1. The number of nitrogens with zero attached hydrogens (tertiary/aromatic N) is 2. The molecule has 0 aliphatic rings. The Hall–Kier alpha value is -2.73. The fourth-order valence-corrected chi connectivity index (χ4v) is 3.61. The van der Waals surface area contributed by atoms with E-state index in [0.717, 1.165) is 33.2 Å². The van der Waals surface area contributed by atoms with Crippen LogP contribution in [0.2, 0.25) is 0 Å². The molecule has 4 aromatic rings. The monoisotopic (exact) mass is 370 g/mol. The number of pyridine rings is 1. The summed E-state index contributed by atoms with van der Waals surface area (Å²) in [4.78, 5) is 9.00. The van der Waals surface area contributed by atoms with Crippen LogP contribution >= 0.6 is 11.3 Å². The van der Waals surface area contributed by atoms with Crippen molar-refractivity contribution in [2.24, 2.45) is 0 Å². The first-order valence-electron chi connectivity index (χ1n) is 7.95. The Morgan fingerprint density at radius 3 is 2.65 bits per heavy atom. The molecule has 0 saturated carbocycles. The summed E-state index contributed by atoms with van der Waals surface area (Å²) in [7, 11) is 0. The fourth-order valence-electron chi connectivity index (χ4n) is 2.77. The third-order valence-electron chi connectivity index (χ3n) is 4.05. The molecule has 0 atom stereocenters. The molecule has 0 unspecified atom stereocenters. The van der Waals surface area contributed by atoms with Crippen molar-refractivity contribution in [3.8, 4) is 11.3 Å². The van der Waals surface area contributed by atoms with Crippen LogP contribution in [-0.4, -0.2) is 9.97 Å². The van der Waals surface area contributed by atoms with Crippen LogP contribution < -0.4 is 0 Å². The quantitative estimate of drug-likeness (QED) is 0.444. The summed E-state index contributed by atoms with van der Waals surface area (Å²) >= 11 is 1.44. The minimum absolute atomic E-state index is 0.371. The van der Waals surface area contributed by atoms with Crippen LogP contribution in [0.4, 0.5) is 13.2 Å². The SMILES string of the molecule is FC(F)(F)c1cccc(Cc2nc(-c3cnc4ccccc4c3)cs2)c1. The van der Waals surface area contributed by atoms with Crippen molar-refractivity contribution in [3.63, 3.8) is 0 Å². The van der Waals surface area contributed by atoms with Crippen molar-refractivity contribution in [2.75, 3.05) is 0 Å². The van der Waals surface area contributed by atoms with E-state index >= 15 is 0 Å². The number of hydrogen-bond donors (Lipinski definition) is 0. The zero-order valence-corrected chi connectivity index (χ0v) is 14.3. The van der Waals surface area contributed by atoms with Gasteiger partial charge in [-0.05, 0) is 23.8 Å². The van der Waals surface area contributed by atoms with Gasteiger partial charge in [0.2, 0.25) is 0 Å². The van der Waals surface area contributed by atoms with Crippen molar-refractivity contribution in [1.29, 1.82) is 0 Å². The number of benzene rings is 2. The maximum Gasteiger partial charge on any atom is 0.416 e. The van der Waals surface area contributed by atoms with Crippen LogP contribution in [0, 0.1) is 0 Å². The first-order chi connectivity index (χ1) is 12.5. The average Bonchev–Trinajstić information content (AvgIpc) is 3.09. The Morgan fingerprint density at radius 1 is 0.962 bits per heavy atom. The van der Waals surface area contributed by atoms with Gasteiger partial charge in [-0.25, -0.2) is 4.98 Å². The highest BCUT2D eigenvalue weighted by molar-refractivity contribution is 7.10. The van der Waals surface area contributed by atoms with E-state index in [4.69, 9.17) is 0 Å². The molecule has 0 radical (unpaired) electrons. The lowest BCUT2D eigenvalue weighted by atomic mass is 10.1. The maximum absolute atomic E-state index is 12.8. The first-order valence-corrected chi connectivity index (χ1v) is 8.83. The Balaban J connectivity index is 1.60. The van der Waals surface area contributed by atoms with Gasteiger partial charge >= 0.3 is 6.18 Å². The summed E-state index contributed by atoms with van der Waals surface area (Å²) in [6, 6.07) is 15.2. The topological polar surface area (TPSA) is 25.8 Å². The van der Waals surface area contributed by atoms with E-state index in [0.29, 0.717) is 12.0 Å². The smallest absolute Gasteiger partial charge is 0.256 e. The number of aromatic nitrogens is 2. The average molecular weight is 370 g/mol. The van der Waals surface area contributed by atoms with Crippen molar-refractivity contribution in [1.82, 2.24) is 9.97 Å². The van der Waals surface area contributed by atoms with Crippen LogP contribution in [-0.2, 0) is 12.6 Å². The summed E-state index contributed by atoms with van der Waals surface area (Å²) in [6.45, 7) is 0. The highest BCUT2D eigenvalue weighted by Gasteiger charge is 2.30. The maximum atomic E-state index is 12.8. The van der Waals surface area contributed by atoms with Gasteiger partial charge in [0.05, 0.1) is 21.8 Å². The zero-order valence-electron chi connectivity index (χ0n) is 13.5. The molecule has 2 nitrogen and oxygen atoms in total. The minimum atomic E-state index is -4.33. The van der Waals surface area contributed by atoms with Crippen molar-refractivity contribution < 1.29 is 13.2 Å². The molecule has 2 aromatic carbocycles. The number of thiazole rings is 1. The second-order valence-corrected chi connectivity index (χ2v) is 6.86. The first kappa shape index (κ1) is 16.7. The fraction of sp³-hybridized carbons (Fsp3) is 0.100. The summed E-state index contributed by atoms with van der Waals surface area (Å²) in [6.07, 6.45) is -2.19. The molecule has 0 aliphatic heterocycles. The second kappa shape index (κ2) is 6.53. The molecular formula is C20H13F3N2S. The predicted molar refractivity (Wildman–Crippen MR) is 97.1 cm³/mol.